The van der Waals surface area contributed by atoms with Gasteiger partial charge >= 0.3 is 0 Å². The van der Waals surface area contributed by atoms with E-state index in [1.165, 1.54) is 4.90 Å². The summed E-state index contributed by atoms with van der Waals surface area (Å²) in [6.07, 6.45) is 3.42. The summed E-state index contributed by atoms with van der Waals surface area (Å²) in [7, 11) is 3.37. The van der Waals surface area contributed by atoms with E-state index in [2.05, 4.69) is 17.1 Å². The Morgan fingerprint density at radius 1 is 1.31 bits per heavy atom. The van der Waals surface area contributed by atoms with Crippen molar-refractivity contribution in [1.82, 2.24) is 24.9 Å². The van der Waals surface area contributed by atoms with Crippen molar-refractivity contribution < 1.29 is 14.4 Å². The van der Waals surface area contributed by atoms with Gasteiger partial charge in [-0.3, -0.25) is 19.5 Å². The number of aryl methyl sites for hydroxylation is 1. The number of likely N-dealkylation sites (N-methyl/N-ethyl adjacent to an activating group) is 1. The first-order valence-corrected chi connectivity index (χ1v) is 9.24. The minimum atomic E-state index is -0.235. The summed E-state index contributed by atoms with van der Waals surface area (Å²) in [5.41, 5.74) is 1.35. The van der Waals surface area contributed by atoms with E-state index < -0.39 is 0 Å². The highest BCUT2D eigenvalue weighted by Crippen LogP contribution is 2.29. The number of hydrogen-bond donors (Lipinski definition) is 1. The van der Waals surface area contributed by atoms with Crippen molar-refractivity contribution in [2.24, 2.45) is 5.92 Å². The van der Waals surface area contributed by atoms with Crippen LogP contribution in [0.4, 0.5) is 0 Å². The van der Waals surface area contributed by atoms with Gasteiger partial charge in [-0.05, 0) is 25.3 Å². The number of hydrogen-bond acceptors (Lipinski definition) is 4. The summed E-state index contributed by atoms with van der Waals surface area (Å²) in [4.78, 5) is 42.6. The molecule has 1 aromatic rings. The molecule has 2 bridgehead atoms. The van der Waals surface area contributed by atoms with Crippen molar-refractivity contribution in [3.05, 3.63) is 17.5 Å². The van der Waals surface area contributed by atoms with Gasteiger partial charge in [0.2, 0.25) is 11.8 Å². The van der Waals surface area contributed by atoms with Crippen LogP contribution >= 0.6 is 0 Å². The number of H-pyrrole nitrogens is 1. The molecule has 4 rings (SSSR count). The molecular weight excluding hydrogens is 334 g/mol. The Hall–Kier alpha value is -2.38. The second-order valence-electron chi connectivity index (χ2n) is 7.42. The lowest BCUT2D eigenvalue weighted by Crippen LogP contribution is -2.51. The lowest BCUT2D eigenvalue weighted by atomic mass is 9.94. The van der Waals surface area contributed by atoms with Crippen molar-refractivity contribution in [3.63, 3.8) is 0 Å². The number of rotatable bonds is 5. The standard InChI is InChI=1S/C18H27N5O3/c1-4-5-13-8-15(20-19-13)18(26)22-9-12-6-7-14(10-22)23(17(12)25)11-16(24)21(2)3/h8,12,14H,4-7,9-11H2,1-3H3,(H,19,20)/t12-,14+/m0/s1. The highest BCUT2D eigenvalue weighted by Gasteiger charge is 2.43. The van der Waals surface area contributed by atoms with E-state index in [4.69, 9.17) is 0 Å². The van der Waals surface area contributed by atoms with Crippen LogP contribution in [-0.4, -0.2) is 82.4 Å². The first-order valence-electron chi connectivity index (χ1n) is 9.24. The van der Waals surface area contributed by atoms with E-state index in [0.717, 1.165) is 31.4 Å². The minimum absolute atomic E-state index is 0.0135. The van der Waals surface area contributed by atoms with Crippen molar-refractivity contribution in [3.8, 4) is 0 Å². The summed E-state index contributed by atoms with van der Waals surface area (Å²) >= 11 is 0. The predicted molar refractivity (Wildman–Crippen MR) is 95.4 cm³/mol. The maximum atomic E-state index is 12.9. The third-order valence-corrected chi connectivity index (χ3v) is 5.25. The molecule has 1 N–H and O–H groups in total. The second-order valence-corrected chi connectivity index (χ2v) is 7.42. The topological polar surface area (TPSA) is 89.6 Å². The number of fused-ring (bicyclic) bond motifs is 4. The van der Waals surface area contributed by atoms with Crippen molar-refractivity contribution >= 4 is 17.7 Å². The van der Waals surface area contributed by atoms with Gasteiger partial charge in [0.15, 0.2) is 0 Å². The van der Waals surface area contributed by atoms with Gasteiger partial charge in [-0.25, -0.2) is 0 Å². The molecule has 3 amide bonds. The molecule has 26 heavy (non-hydrogen) atoms. The first-order chi connectivity index (χ1) is 12.4. The fourth-order valence-electron chi connectivity index (χ4n) is 3.73. The molecule has 8 nitrogen and oxygen atoms in total. The number of carbonyl (C=O) groups is 3. The van der Waals surface area contributed by atoms with Crippen molar-refractivity contribution in [1.29, 1.82) is 0 Å². The Morgan fingerprint density at radius 3 is 2.77 bits per heavy atom. The van der Waals surface area contributed by atoms with Gasteiger partial charge in [-0.1, -0.05) is 13.3 Å². The number of nitrogens with zero attached hydrogens (tertiary/aromatic N) is 4. The predicted octanol–water partition coefficient (Wildman–Crippen LogP) is 0.513. The Balaban J connectivity index is 1.75. The molecule has 3 fully saturated rings. The van der Waals surface area contributed by atoms with Crippen LogP contribution in [0.1, 0.15) is 42.4 Å². The SMILES string of the molecule is CCCc1cc(C(=O)N2C[C@@H]3CC[C@H](C2)N(CC(=O)N(C)C)C3=O)n[nH]1. The lowest BCUT2D eigenvalue weighted by Gasteiger charge is -2.35. The molecule has 3 saturated heterocycles. The second kappa shape index (κ2) is 7.47. The van der Waals surface area contributed by atoms with Crippen LogP contribution in [0.25, 0.3) is 0 Å². The van der Waals surface area contributed by atoms with E-state index >= 15 is 0 Å². The zero-order valence-electron chi connectivity index (χ0n) is 15.7. The zero-order valence-corrected chi connectivity index (χ0v) is 15.7. The van der Waals surface area contributed by atoms with Crippen LogP contribution in [0, 0.1) is 5.92 Å². The summed E-state index contributed by atoms with van der Waals surface area (Å²) in [6, 6.07) is 1.69. The molecule has 3 aliphatic heterocycles. The summed E-state index contributed by atoms with van der Waals surface area (Å²) in [5, 5.41) is 7.06. The fraction of sp³-hybridized carbons (Fsp3) is 0.667. The van der Waals surface area contributed by atoms with Gasteiger partial charge < -0.3 is 14.7 Å². The van der Waals surface area contributed by atoms with Gasteiger partial charge in [0.25, 0.3) is 5.91 Å². The Morgan fingerprint density at radius 2 is 2.08 bits per heavy atom. The minimum Gasteiger partial charge on any atom is -0.347 e. The third-order valence-electron chi connectivity index (χ3n) is 5.25. The van der Waals surface area contributed by atoms with Gasteiger partial charge in [-0.2, -0.15) is 5.10 Å². The van der Waals surface area contributed by atoms with Crippen LogP contribution < -0.4 is 0 Å². The number of piperidine rings is 1. The van der Waals surface area contributed by atoms with Crippen molar-refractivity contribution in [2.45, 2.75) is 38.6 Å². The average Bonchev–Trinajstić information content (AvgIpc) is 2.90. The summed E-state index contributed by atoms with van der Waals surface area (Å²) < 4.78 is 0. The molecule has 0 radical (unpaired) electrons. The number of amides is 3. The number of nitrogens with one attached hydrogen (secondary N) is 1. The van der Waals surface area contributed by atoms with E-state index in [1.807, 2.05) is 0 Å². The molecule has 0 spiro atoms. The summed E-state index contributed by atoms with van der Waals surface area (Å²) in [6.45, 7) is 3.01. The Labute approximate surface area is 153 Å². The molecule has 0 aliphatic carbocycles. The van der Waals surface area contributed by atoms with Crippen molar-refractivity contribution in [2.75, 3.05) is 33.7 Å². The molecule has 2 atom stereocenters. The lowest BCUT2D eigenvalue weighted by molar-refractivity contribution is -0.145. The maximum Gasteiger partial charge on any atom is 0.274 e. The van der Waals surface area contributed by atoms with Gasteiger partial charge in [-0.15, -0.1) is 0 Å². The molecule has 142 valence electrons. The van der Waals surface area contributed by atoms with Gasteiger partial charge in [0, 0.05) is 38.9 Å². The quantitative estimate of drug-likeness (QED) is 0.828. The molecule has 0 saturated carbocycles. The van der Waals surface area contributed by atoms with Crippen LogP contribution in [0.3, 0.4) is 0 Å². The van der Waals surface area contributed by atoms with Gasteiger partial charge in [0.05, 0.1) is 5.92 Å². The maximum absolute atomic E-state index is 12.9. The van der Waals surface area contributed by atoms with E-state index in [1.54, 1.807) is 30.0 Å². The molecule has 4 heterocycles. The highest BCUT2D eigenvalue weighted by atomic mass is 16.2. The number of aromatic nitrogens is 2. The van der Waals surface area contributed by atoms with Crippen LogP contribution in [-0.2, 0) is 16.0 Å². The fourth-order valence-corrected chi connectivity index (χ4v) is 3.73. The molecule has 8 heteroatoms. The Bertz CT molecular complexity index is 699. The number of aromatic amines is 1. The van der Waals surface area contributed by atoms with Crippen LogP contribution in [0.15, 0.2) is 6.07 Å². The molecular formula is C18H27N5O3. The van der Waals surface area contributed by atoms with E-state index in [9.17, 15) is 14.4 Å². The zero-order chi connectivity index (χ0) is 18.8. The Kier molecular flexibility index (Phi) is 5.29. The van der Waals surface area contributed by atoms with E-state index in [-0.39, 0.29) is 36.2 Å². The first kappa shape index (κ1) is 18.4. The molecule has 0 aromatic carbocycles. The van der Waals surface area contributed by atoms with E-state index in [0.29, 0.717) is 18.8 Å². The molecule has 3 aliphatic rings. The normalized spacial score (nSPS) is 22.5. The summed E-state index contributed by atoms with van der Waals surface area (Å²) in [5.74, 6) is -0.489. The van der Waals surface area contributed by atoms with Crippen LogP contribution in [0.2, 0.25) is 0 Å². The largest absolute Gasteiger partial charge is 0.347 e. The third kappa shape index (κ3) is 3.59. The molecule has 0 unspecified atom stereocenters. The molecule has 1 aromatic heterocycles. The monoisotopic (exact) mass is 361 g/mol. The number of carbonyl (C=O) groups excluding carboxylic acids is 3. The van der Waals surface area contributed by atoms with Gasteiger partial charge in [0.1, 0.15) is 12.2 Å². The smallest absolute Gasteiger partial charge is 0.274 e. The average molecular weight is 361 g/mol. The van der Waals surface area contributed by atoms with Crippen LogP contribution in [0.5, 0.6) is 0 Å². The highest BCUT2D eigenvalue weighted by molar-refractivity contribution is 5.94.